The molecule has 158 valence electrons. The maximum absolute atomic E-state index is 12.3. The molecule has 3 aromatic rings. The number of sulfonamides is 1. The Bertz CT molecular complexity index is 1180. The van der Waals surface area contributed by atoms with Crippen molar-refractivity contribution in [3.8, 4) is 0 Å². The van der Waals surface area contributed by atoms with Crippen molar-refractivity contribution in [2.24, 2.45) is 5.10 Å². The van der Waals surface area contributed by atoms with Crippen LogP contribution < -0.4 is 10.1 Å². The van der Waals surface area contributed by atoms with E-state index in [9.17, 15) is 18.0 Å². The van der Waals surface area contributed by atoms with Gasteiger partial charge in [0.1, 0.15) is 0 Å². The Balaban J connectivity index is 1.63. The van der Waals surface area contributed by atoms with Gasteiger partial charge in [-0.3, -0.25) is 14.0 Å². The number of fused-ring (bicyclic) bond motifs is 1. The fraction of sp³-hybridized carbons (Fsp3) is 0.222. The Kier molecular flexibility index (Phi) is 6.59. The molecule has 0 atom stereocenters. The summed E-state index contributed by atoms with van der Waals surface area (Å²) in [6, 6.07) is 5.99. The molecule has 1 aromatic carbocycles. The lowest BCUT2D eigenvalue weighted by Gasteiger charge is -2.08. The fourth-order valence-electron chi connectivity index (χ4n) is 2.54. The number of imidazole rings is 1. The van der Waals surface area contributed by atoms with E-state index in [1.165, 1.54) is 23.5 Å². The Morgan fingerprint density at radius 1 is 1.33 bits per heavy atom. The van der Waals surface area contributed by atoms with E-state index in [2.05, 4.69) is 20.2 Å². The van der Waals surface area contributed by atoms with Gasteiger partial charge in [-0.25, -0.2) is 23.5 Å². The molecule has 0 aliphatic heterocycles. The smallest absolute Gasteiger partial charge is 0.304 e. The number of hydrazone groups is 1. The van der Waals surface area contributed by atoms with Crippen molar-refractivity contribution in [3.05, 3.63) is 53.3 Å². The molecule has 30 heavy (non-hydrogen) atoms. The first-order valence-electron chi connectivity index (χ1n) is 8.81. The van der Waals surface area contributed by atoms with E-state index >= 15 is 0 Å². The zero-order valence-electron chi connectivity index (χ0n) is 15.9. The molecule has 2 aromatic heterocycles. The third-order valence-corrected chi connectivity index (χ3v) is 6.26. The Hall–Kier alpha value is -3.09. The minimum Gasteiger partial charge on any atom is -0.481 e. The molecular formula is C18H19N5O5S2. The van der Waals surface area contributed by atoms with E-state index < -0.39 is 16.0 Å². The number of carboxylic acids is 1. The minimum atomic E-state index is -3.86. The van der Waals surface area contributed by atoms with E-state index in [1.54, 1.807) is 25.3 Å². The van der Waals surface area contributed by atoms with Crippen LogP contribution in [-0.4, -0.2) is 47.0 Å². The van der Waals surface area contributed by atoms with Gasteiger partial charge in [0.05, 0.1) is 29.1 Å². The van der Waals surface area contributed by atoms with Crippen molar-refractivity contribution in [3.63, 3.8) is 0 Å². The molecule has 0 saturated carbocycles. The average Bonchev–Trinajstić information content (AvgIpc) is 3.27. The molecule has 0 fully saturated rings. The maximum Gasteiger partial charge on any atom is 0.304 e. The van der Waals surface area contributed by atoms with Crippen molar-refractivity contribution >= 4 is 43.9 Å². The van der Waals surface area contributed by atoms with Crippen molar-refractivity contribution in [2.45, 2.75) is 24.7 Å². The number of aliphatic carboxylic acids is 1. The minimum absolute atomic E-state index is 0.0238. The summed E-state index contributed by atoms with van der Waals surface area (Å²) < 4.78 is 28.6. The topological polar surface area (TPSA) is 142 Å². The van der Waals surface area contributed by atoms with Crippen molar-refractivity contribution in [1.29, 1.82) is 0 Å². The molecule has 10 nitrogen and oxygen atoms in total. The Morgan fingerprint density at radius 2 is 2.13 bits per heavy atom. The third-order valence-electron chi connectivity index (χ3n) is 4.03. The number of carbonyl (C=O) groups excluding carboxylic acids is 1. The standard InChI is InChI=1S/C18H19N5O5S2/c1-12(21-22-16(24)10-14-11-23-7-8-29-18(23)20-14)13-3-2-4-15(9-13)30(27,28)19-6-5-17(25)26/h2-4,7-9,11,19H,5-6,10H2,1H3,(H,22,24)(H,25,26)/b21-12+. The molecule has 3 N–H and O–H groups in total. The third kappa shape index (κ3) is 5.49. The lowest BCUT2D eigenvalue weighted by atomic mass is 10.1. The second-order valence-corrected chi connectivity index (χ2v) is 8.94. The highest BCUT2D eigenvalue weighted by Gasteiger charge is 2.15. The van der Waals surface area contributed by atoms with Gasteiger partial charge in [0.15, 0.2) is 4.96 Å². The molecule has 0 unspecified atom stereocenters. The van der Waals surface area contributed by atoms with Crippen LogP contribution in [0.3, 0.4) is 0 Å². The second-order valence-electron chi connectivity index (χ2n) is 6.30. The summed E-state index contributed by atoms with van der Waals surface area (Å²) in [6.45, 7) is 1.42. The number of nitrogens with zero attached hydrogens (tertiary/aromatic N) is 3. The highest BCUT2D eigenvalue weighted by atomic mass is 32.2. The number of amides is 1. The van der Waals surface area contributed by atoms with Crippen LogP contribution in [0, 0.1) is 0 Å². The highest BCUT2D eigenvalue weighted by molar-refractivity contribution is 7.89. The summed E-state index contributed by atoms with van der Waals surface area (Å²) in [4.78, 5) is 27.8. The summed E-state index contributed by atoms with van der Waals surface area (Å²) in [7, 11) is -3.86. The van der Waals surface area contributed by atoms with Crippen LogP contribution in [0.25, 0.3) is 4.96 Å². The van der Waals surface area contributed by atoms with Crippen LogP contribution in [0.4, 0.5) is 0 Å². The van der Waals surface area contributed by atoms with Crippen LogP contribution in [0.1, 0.15) is 24.6 Å². The first-order valence-corrected chi connectivity index (χ1v) is 11.2. The second kappa shape index (κ2) is 9.15. The fourth-order valence-corrected chi connectivity index (χ4v) is 4.34. The number of rotatable bonds is 9. The molecular weight excluding hydrogens is 430 g/mol. The van der Waals surface area contributed by atoms with Gasteiger partial charge in [0.2, 0.25) is 15.9 Å². The Labute approximate surface area is 176 Å². The van der Waals surface area contributed by atoms with Gasteiger partial charge in [-0.1, -0.05) is 12.1 Å². The monoisotopic (exact) mass is 449 g/mol. The number of benzene rings is 1. The lowest BCUT2D eigenvalue weighted by molar-refractivity contribution is -0.136. The SMILES string of the molecule is C/C(=N\NC(=O)Cc1cn2ccsc2n1)c1cccc(S(=O)(=O)NCCC(=O)O)c1. The van der Waals surface area contributed by atoms with Crippen LogP contribution in [-0.2, 0) is 26.0 Å². The first-order chi connectivity index (χ1) is 14.2. The van der Waals surface area contributed by atoms with Gasteiger partial charge in [-0.15, -0.1) is 11.3 Å². The van der Waals surface area contributed by atoms with E-state index in [-0.39, 0.29) is 30.2 Å². The molecule has 0 aliphatic carbocycles. The van der Waals surface area contributed by atoms with Crippen molar-refractivity contribution < 1.29 is 23.1 Å². The quantitative estimate of drug-likeness (QED) is 0.331. The predicted octanol–water partition coefficient (Wildman–Crippen LogP) is 1.23. The summed E-state index contributed by atoms with van der Waals surface area (Å²) in [6.07, 6.45) is 3.37. The number of hydrogen-bond acceptors (Lipinski definition) is 7. The number of aromatic nitrogens is 2. The predicted molar refractivity (Wildman–Crippen MR) is 111 cm³/mol. The normalized spacial score (nSPS) is 12.2. The van der Waals surface area contributed by atoms with Crippen LogP contribution in [0.15, 0.2) is 52.0 Å². The van der Waals surface area contributed by atoms with E-state index in [4.69, 9.17) is 5.11 Å². The van der Waals surface area contributed by atoms with Crippen LogP contribution >= 0.6 is 11.3 Å². The summed E-state index contributed by atoms with van der Waals surface area (Å²) in [5, 5.41) is 14.6. The van der Waals surface area contributed by atoms with Gasteiger partial charge in [0, 0.05) is 24.3 Å². The van der Waals surface area contributed by atoms with Crippen LogP contribution in [0.2, 0.25) is 0 Å². The van der Waals surface area contributed by atoms with Crippen molar-refractivity contribution in [2.75, 3.05) is 6.54 Å². The number of nitrogens with one attached hydrogen (secondary N) is 2. The molecule has 2 heterocycles. The average molecular weight is 450 g/mol. The van der Waals surface area contributed by atoms with Gasteiger partial charge in [-0.2, -0.15) is 5.10 Å². The number of carboxylic acid groups (broad SMARTS) is 1. The lowest BCUT2D eigenvalue weighted by Crippen LogP contribution is -2.26. The van der Waals surface area contributed by atoms with E-state index in [1.807, 2.05) is 16.0 Å². The zero-order valence-corrected chi connectivity index (χ0v) is 17.5. The summed E-state index contributed by atoms with van der Waals surface area (Å²) >= 11 is 1.47. The number of hydrogen-bond donors (Lipinski definition) is 3. The summed E-state index contributed by atoms with van der Waals surface area (Å²) in [5.74, 6) is -1.44. The van der Waals surface area contributed by atoms with Gasteiger partial charge >= 0.3 is 5.97 Å². The first kappa shape index (κ1) is 21.6. The number of carbonyl (C=O) groups is 2. The molecule has 12 heteroatoms. The highest BCUT2D eigenvalue weighted by Crippen LogP contribution is 2.13. The molecule has 3 rings (SSSR count). The van der Waals surface area contributed by atoms with Gasteiger partial charge in [-0.05, 0) is 24.6 Å². The molecule has 0 radical (unpaired) electrons. The van der Waals surface area contributed by atoms with Crippen molar-refractivity contribution in [1.82, 2.24) is 19.5 Å². The molecule has 1 amide bonds. The maximum atomic E-state index is 12.3. The molecule has 0 aliphatic rings. The molecule has 0 bridgehead atoms. The zero-order chi connectivity index (χ0) is 21.7. The van der Waals surface area contributed by atoms with Crippen LogP contribution in [0.5, 0.6) is 0 Å². The van der Waals surface area contributed by atoms with E-state index in [0.717, 1.165) is 4.96 Å². The molecule has 0 spiro atoms. The molecule has 0 saturated heterocycles. The van der Waals surface area contributed by atoms with Gasteiger partial charge in [0.25, 0.3) is 0 Å². The summed E-state index contributed by atoms with van der Waals surface area (Å²) in [5.41, 5.74) is 3.97. The largest absolute Gasteiger partial charge is 0.481 e. The number of thiazole rings is 1. The van der Waals surface area contributed by atoms with Gasteiger partial charge < -0.3 is 5.11 Å². The van der Waals surface area contributed by atoms with E-state index in [0.29, 0.717) is 17.0 Å². The Morgan fingerprint density at radius 3 is 2.87 bits per heavy atom.